The molecule has 0 aromatic rings. The number of carbonyl (C=O) groups excluding carboxylic acids is 1. The average molecular weight is 221 g/mol. The molecule has 1 unspecified atom stereocenters. The molecule has 0 fully saturated rings. The second-order valence-corrected chi connectivity index (χ2v) is 3.94. The second-order valence-electron chi connectivity index (χ2n) is 3.56. The summed E-state index contributed by atoms with van der Waals surface area (Å²) in [6.07, 6.45) is 6.42. The first kappa shape index (κ1) is 13.8. The molecule has 0 aliphatic carbocycles. The van der Waals surface area contributed by atoms with Crippen LogP contribution in [0.25, 0.3) is 0 Å². The van der Waals surface area contributed by atoms with Gasteiger partial charge in [-0.2, -0.15) is 0 Å². The smallest absolute Gasteiger partial charge is 0.302 e. The van der Waals surface area contributed by atoms with E-state index in [0.717, 1.165) is 25.7 Å². The lowest BCUT2D eigenvalue weighted by Gasteiger charge is -2.16. The van der Waals surface area contributed by atoms with Gasteiger partial charge in [0.15, 0.2) is 0 Å². The molecular formula is C11H21ClO2. The van der Waals surface area contributed by atoms with Gasteiger partial charge in [0.1, 0.15) is 6.10 Å². The minimum Gasteiger partial charge on any atom is -0.463 e. The van der Waals surface area contributed by atoms with Gasteiger partial charge in [0.05, 0.1) is 0 Å². The fourth-order valence-electron chi connectivity index (χ4n) is 1.42. The lowest BCUT2D eigenvalue weighted by Crippen LogP contribution is -2.16. The van der Waals surface area contributed by atoms with E-state index in [2.05, 4.69) is 6.92 Å². The highest BCUT2D eigenvalue weighted by molar-refractivity contribution is 6.17. The van der Waals surface area contributed by atoms with Gasteiger partial charge in [0.2, 0.25) is 0 Å². The van der Waals surface area contributed by atoms with Gasteiger partial charge in [0.25, 0.3) is 0 Å². The fraction of sp³-hybridized carbons (Fsp3) is 0.909. The van der Waals surface area contributed by atoms with Crippen LogP contribution in [0.2, 0.25) is 0 Å². The number of carbonyl (C=O) groups is 1. The number of alkyl halides is 1. The highest BCUT2D eigenvalue weighted by Crippen LogP contribution is 2.12. The first-order chi connectivity index (χ1) is 6.70. The summed E-state index contributed by atoms with van der Waals surface area (Å²) in [7, 11) is 0. The van der Waals surface area contributed by atoms with Crippen molar-refractivity contribution in [3.8, 4) is 0 Å². The molecule has 0 rings (SSSR count). The van der Waals surface area contributed by atoms with E-state index in [1.165, 1.54) is 19.8 Å². The van der Waals surface area contributed by atoms with Crippen LogP contribution in [-0.2, 0) is 9.53 Å². The maximum atomic E-state index is 10.8. The van der Waals surface area contributed by atoms with Gasteiger partial charge in [-0.25, -0.2) is 0 Å². The largest absolute Gasteiger partial charge is 0.463 e. The van der Waals surface area contributed by atoms with Crippen LogP contribution >= 0.6 is 11.6 Å². The van der Waals surface area contributed by atoms with Gasteiger partial charge in [-0.15, -0.1) is 11.6 Å². The van der Waals surface area contributed by atoms with E-state index in [9.17, 15) is 4.79 Å². The van der Waals surface area contributed by atoms with Crippen molar-refractivity contribution in [2.45, 2.75) is 58.5 Å². The highest BCUT2D eigenvalue weighted by atomic mass is 35.5. The molecule has 0 spiro atoms. The van der Waals surface area contributed by atoms with Crippen molar-refractivity contribution in [1.82, 2.24) is 0 Å². The van der Waals surface area contributed by atoms with Crippen LogP contribution in [0.15, 0.2) is 0 Å². The molecule has 0 amide bonds. The topological polar surface area (TPSA) is 26.3 Å². The molecule has 2 nitrogen and oxygen atoms in total. The standard InChI is InChI=1S/C11H21ClO2/c1-3-4-5-7-11(8-6-9-12)14-10(2)13/h11H,3-9H2,1-2H3. The van der Waals surface area contributed by atoms with E-state index < -0.39 is 0 Å². The summed E-state index contributed by atoms with van der Waals surface area (Å²) in [5, 5.41) is 0. The van der Waals surface area contributed by atoms with E-state index in [-0.39, 0.29) is 12.1 Å². The molecule has 14 heavy (non-hydrogen) atoms. The minimum absolute atomic E-state index is 0.0813. The maximum Gasteiger partial charge on any atom is 0.302 e. The Morgan fingerprint density at radius 1 is 1.29 bits per heavy atom. The number of hydrogen-bond acceptors (Lipinski definition) is 2. The van der Waals surface area contributed by atoms with Crippen LogP contribution in [-0.4, -0.2) is 18.0 Å². The molecule has 3 heteroatoms. The van der Waals surface area contributed by atoms with Crippen molar-refractivity contribution in [1.29, 1.82) is 0 Å². The van der Waals surface area contributed by atoms with Crippen molar-refractivity contribution in [3.63, 3.8) is 0 Å². The summed E-state index contributed by atoms with van der Waals surface area (Å²) < 4.78 is 5.20. The Bertz CT molecular complexity index is 148. The third-order valence-corrected chi connectivity index (χ3v) is 2.39. The average Bonchev–Trinajstić information content (AvgIpc) is 2.13. The molecule has 0 heterocycles. The Morgan fingerprint density at radius 3 is 2.43 bits per heavy atom. The van der Waals surface area contributed by atoms with Crippen LogP contribution in [0, 0.1) is 0 Å². The molecular weight excluding hydrogens is 200 g/mol. The summed E-state index contributed by atoms with van der Waals surface area (Å²) in [6.45, 7) is 3.63. The molecule has 0 aromatic heterocycles. The number of esters is 1. The SMILES string of the molecule is CCCCCC(CCCCl)OC(C)=O. The summed E-state index contributed by atoms with van der Waals surface area (Å²) in [4.78, 5) is 10.8. The van der Waals surface area contributed by atoms with Crippen LogP contribution < -0.4 is 0 Å². The highest BCUT2D eigenvalue weighted by Gasteiger charge is 2.10. The van der Waals surface area contributed by atoms with E-state index in [1.54, 1.807) is 0 Å². The Balaban J connectivity index is 3.66. The zero-order valence-corrected chi connectivity index (χ0v) is 9.98. The summed E-state index contributed by atoms with van der Waals surface area (Å²) >= 11 is 5.60. The monoisotopic (exact) mass is 220 g/mol. The van der Waals surface area contributed by atoms with Crippen LogP contribution in [0.3, 0.4) is 0 Å². The summed E-state index contributed by atoms with van der Waals surface area (Å²) in [5.41, 5.74) is 0. The van der Waals surface area contributed by atoms with Gasteiger partial charge < -0.3 is 4.74 Å². The molecule has 84 valence electrons. The Kier molecular flexibility index (Phi) is 9.16. The quantitative estimate of drug-likeness (QED) is 0.356. The van der Waals surface area contributed by atoms with Gasteiger partial charge in [-0.3, -0.25) is 4.79 Å². The molecule has 0 aromatic carbocycles. The number of hydrogen-bond donors (Lipinski definition) is 0. The molecule has 0 saturated carbocycles. The van der Waals surface area contributed by atoms with Gasteiger partial charge in [-0.1, -0.05) is 19.8 Å². The Labute approximate surface area is 92.0 Å². The van der Waals surface area contributed by atoms with Crippen molar-refractivity contribution in [2.75, 3.05) is 5.88 Å². The molecule has 0 aliphatic heterocycles. The Hall–Kier alpha value is -0.240. The number of halogens is 1. The normalized spacial score (nSPS) is 12.5. The van der Waals surface area contributed by atoms with Crippen molar-refractivity contribution in [3.05, 3.63) is 0 Å². The molecule has 0 saturated heterocycles. The van der Waals surface area contributed by atoms with Crippen molar-refractivity contribution < 1.29 is 9.53 Å². The predicted molar refractivity (Wildman–Crippen MR) is 59.7 cm³/mol. The predicted octanol–water partition coefficient (Wildman–Crippen LogP) is 3.52. The fourth-order valence-corrected chi connectivity index (χ4v) is 1.58. The number of rotatable bonds is 8. The number of unbranched alkanes of at least 4 members (excludes halogenated alkanes) is 2. The van der Waals surface area contributed by atoms with E-state index >= 15 is 0 Å². The third kappa shape index (κ3) is 8.36. The summed E-state index contributed by atoms with van der Waals surface area (Å²) in [5.74, 6) is 0.465. The number of ether oxygens (including phenoxy) is 1. The zero-order valence-electron chi connectivity index (χ0n) is 9.22. The first-order valence-electron chi connectivity index (χ1n) is 5.43. The lowest BCUT2D eigenvalue weighted by atomic mass is 10.1. The van der Waals surface area contributed by atoms with E-state index in [4.69, 9.17) is 16.3 Å². The molecule has 1 atom stereocenters. The van der Waals surface area contributed by atoms with Crippen LogP contribution in [0.5, 0.6) is 0 Å². The molecule has 0 radical (unpaired) electrons. The zero-order chi connectivity index (χ0) is 10.8. The first-order valence-corrected chi connectivity index (χ1v) is 5.97. The Morgan fingerprint density at radius 2 is 1.93 bits per heavy atom. The molecule has 0 aliphatic rings. The van der Waals surface area contributed by atoms with Gasteiger partial charge in [-0.05, 0) is 25.7 Å². The van der Waals surface area contributed by atoms with Crippen molar-refractivity contribution >= 4 is 17.6 Å². The third-order valence-electron chi connectivity index (χ3n) is 2.12. The van der Waals surface area contributed by atoms with E-state index in [0.29, 0.717) is 5.88 Å². The van der Waals surface area contributed by atoms with Gasteiger partial charge >= 0.3 is 5.97 Å². The molecule has 0 bridgehead atoms. The lowest BCUT2D eigenvalue weighted by molar-refractivity contribution is -0.147. The van der Waals surface area contributed by atoms with Gasteiger partial charge in [0, 0.05) is 12.8 Å². The van der Waals surface area contributed by atoms with Crippen LogP contribution in [0.1, 0.15) is 52.4 Å². The molecule has 0 N–H and O–H groups in total. The maximum absolute atomic E-state index is 10.8. The second kappa shape index (κ2) is 9.32. The van der Waals surface area contributed by atoms with Crippen LogP contribution in [0.4, 0.5) is 0 Å². The summed E-state index contributed by atoms with van der Waals surface area (Å²) in [6, 6.07) is 0. The van der Waals surface area contributed by atoms with E-state index in [1.807, 2.05) is 0 Å². The van der Waals surface area contributed by atoms with Crippen molar-refractivity contribution in [2.24, 2.45) is 0 Å². The minimum atomic E-state index is -0.180.